The van der Waals surface area contributed by atoms with Crippen LogP contribution in [-0.2, 0) is 0 Å². The van der Waals surface area contributed by atoms with Gasteiger partial charge in [-0.25, -0.2) is 0 Å². The molecular weight excluding hydrogens is 268 g/mol. The van der Waals surface area contributed by atoms with Crippen molar-refractivity contribution in [3.8, 4) is 0 Å². The van der Waals surface area contributed by atoms with E-state index in [1.165, 1.54) is 96.6 Å². The van der Waals surface area contributed by atoms with Crippen LogP contribution in [0.15, 0.2) is 0 Å². The predicted octanol–water partition coefficient (Wildman–Crippen LogP) is 4.73. The van der Waals surface area contributed by atoms with Crippen molar-refractivity contribution in [2.75, 3.05) is 13.1 Å². The molecule has 2 nitrogen and oxygen atoms in total. The van der Waals surface area contributed by atoms with Gasteiger partial charge < -0.3 is 5.32 Å². The lowest BCUT2D eigenvalue weighted by Gasteiger charge is -2.44. The second kappa shape index (κ2) is 8.68. The third-order valence-electron chi connectivity index (χ3n) is 6.43. The molecule has 2 heteroatoms. The van der Waals surface area contributed by atoms with Crippen molar-refractivity contribution in [1.29, 1.82) is 0 Å². The summed E-state index contributed by atoms with van der Waals surface area (Å²) in [5.74, 6) is 0.946. The van der Waals surface area contributed by atoms with Crippen molar-refractivity contribution >= 4 is 0 Å². The number of rotatable bonds is 5. The second-order valence-electron chi connectivity index (χ2n) is 8.33. The lowest BCUT2D eigenvalue weighted by molar-refractivity contribution is 0.0692. The molecule has 1 saturated heterocycles. The van der Waals surface area contributed by atoms with E-state index in [2.05, 4.69) is 17.1 Å². The van der Waals surface area contributed by atoms with Crippen molar-refractivity contribution < 1.29 is 0 Å². The van der Waals surface area contributed by atoms with Crippen LogP contribution in [0.4, 0.5) is 0 Å². The molecule has 0 aromatic rings. The highest BCUT2D eigenvalue weighted by Gasteiger charge is 2.32. The lowest BCUT2D eigenvalue weighted by Crippen LogP contribution is -2.55. The summed E-state index contributed by atoms with van der Waals surface area (Å²) >= 11 is 0. The largest absolute Gasteiger partial charge is 0.310 e. The molecule has 0 aromatic heterocycles. The van der Waals surface area contributed by atoms with Crippen LogP contribution in [0.1, 0.15) is 90.4 Å². The third kappa shape index (κ3) is 4.71. The fraction of sp³-hybridized carbons (Fsp3) is 1.00. The number of likely N-dealkylation sites (tertiary alicyclic amines) is 1. The van der Waals surface area contributed by atoms with Crippen LogP contribution in [-0.4, -0.2) is 36.1 Å². The summed E-state index contributed by atoms with van der Waals surface area (Å²) in [6.45, 7) is 5.09. The van der Waals surface area contributed by atoms with Gasteiger partial charge in [0.2, 0.25) is 0 Å². The lowest BCUT2D eigenvalue weighted by atomic mass is 9.85. The van der Waals surface area contributed by atoms with E-state index in [1.807, 2.05) is 0 Å². The minimum atomic E-state index is 0.773. The number of piperidine rings is 1. The Hall–Kier alpha value is -0.0800. The molecule has 128 valence electrons. The number of hydrogen-bond acceptors (Lipinski definition) is 2. The first-order valence-corrected chi connectivity index (χ1v) is 10.3. The molecule has 1 N–H and O–H groups in total. The smallest absolute Gasteiger partial charge is 0.0200 e. The number of hydrogen-bond donors (Lipinski definition) is 1. The fourth-order valence-corrected chi connectivity index (χ4v) is 5.33. The molecule has 0 spiro atoms. The summed E-state index contributed by atoms with van der Waals surface area (Å²) in [5, 5.41) is 4.07. The van der Waals surface area contributed by atoms with Crippen LogP contribution in [0, 0.1) is 5.92 Å². The maximum Gasteiger partial charge on any atom is 0.0200 e. The van der Waals surface area contributed by atoms with Gasteiger partial charge in [-0.15, -0.1) is 0 Å². The van der Waals surface area contributed by atoms with Crippen LogP contribution >= 0.6 is 0 Å². The quantitative estimate of drug-likeness (QED) is 0.790. The van der Waals surface area contributed by atoms with Gasteiger partial charge in [-0.05, 0) is 44.4 Å². The Balaban J connectivity index is 1.56. The molecular formula is C20H38N2. The van der Waals surface area contributed by atoms with Crippen molar-refractivity contribution in [1.82, 2.24) is 10.2 Å². The molecule has 0 amide bonds. The summed E-state index contributed by atoms with van der Waals surface area (Å²) in [4.78, 5) is 2.89. The molecule has 3 rings (SSSR count). The molecule has 2 aliphatic carbocycles. The predicted molar refractivity (Wildman–Crippen MR) is 95.3 cm³/mol. The molecule has 1 aliphatic heterocycles. The second-order valence-corrected chi connectivity index (χ2v) is 8.33. The highest BCUT2D eigenvalue weighted by atomic mass is 15.2. The number of nitrogens with zero attached hydrogens (tertiary/aromatic N) is 1. The van der Waals surface area contributed by atoms with Crippen molar-refractivity contribution in [2.24, 2.45) is 5.92 Å². The van der Waals surface area contributed by atoms with Gasteiger partial charge >= 0.3 is 0 Å². The maximum atomic E-state index is 4.07. The van der Waals surface area contributed by atoms with Crippen LogP contribution in [0.3, 0.4) is 0 Å². The highest BCUT2D eigenvalue weighted by molar-refractivity contribution is 4.90. The Morgan fingerprint density at radius 2 is 1.50 bits per heavy atom. The van der Waals surface area contributed by atoms with E-state index in [1.54, 1.807) is 0 Å². The van der Waals surface area contributed by atoms with Crippen LogP contribution in [0.5, 0.6) is 0 Å². The van der Waals surface area contributed by atoms with Gasteiger partial charge in [0, 0.05) is 31.2 Å². The molecule has 2 unspecified atom stereocenters. The van der Waals surface area contributed by atoms with E-state index < -0.39 is 0 Å². The molecule has 3 fully saturated rings. The van der Waals surface area contributed by atoms with Gasteiger partial charge in [-0.3, -0.25) is 4.90 Å². The molecule has 1 heterocycles. The molecule has 0 aromatic carbocycles. The molecule has 2 saturated carbocycles. The Bertz CT molecular complexity index is 305. The van der Waals surface area contributed by atoms with E-state index in [0.717, 1.165) is 24.0 Å². The van der Waals surface area contributed by atoms with Gasteiger partial charge in [-0.2, -0.15) is 0 Å². The summed E-state index contributed by atoms with van der Waals surface area (Å²) < 4.78 is 0. The fourth-order valence-electron chi connectivity index (χ4n) is 5.33. The average molecular weight is 307 g/mol. The SMILES string of the molecule is CCCC1CC(NC2CCCCC2)CN(C2CCCCC2)C1. The number of nitrogens with one attached hydrogen (secondary N) is 1. The summed E-state index contributed by atoms with van der Waals surface area (Å²) in [7, 11) is 0. The molecule has 0 bridgehead atoms. The topological polar surface area (TPSA) is 15.3 Å². The minimum Gasteiger partial charge on any atom is -0.310 e. The zero-order chi connectivity index (χ0) is 15.2. The van der Waals surface area contributed by atoms with Gasteiger partial charge in [-0.1, -0.05) is 51.9 Å². The molecule has 2 atom stereocenters. The van der Waals surface area contributed by atoms with E-state index in [-0.39, 0.29) is 0 Å². The normalized spacial score (nSPS) is 33.1. The van der Waals surface area contributed by atoms with Gasteiger partial charge in [0.15, 0.2) is 0 Å². The zero-order valence-corrected chi connectivity index (χ0v) is 14.9. The minimum absolute atomic E-state index is 0.773. The van der Waals surface area contributed by atoms with Gasteiger partial charge in [0.1, 0.15) is 0 Å². The Kier molecular flexibility index (Phi) is 6.62. The third-order valence-corrected chi connectivity index (χ3v) is 6.43. The first kappa shape index (κ1) is 16.8. The molecule has 22 heavy (non-hydrogen) atoms. The molecule has 3 aliphatic rings. The van der Waals surface area contributed by atoms with Crippen molar-refractivity contribution in [2.45, 2.75) is 109 Å². The summed E-state index contributed by atoms with van der Waals surface area (Å²) in [6.07, 6.45) is 18.8. The van der Waals surface area contributed by atoms with E-state index >= 15 is 0 Å². The zero-order valence-electron chi connectivity index (χ0n) is 14.9. The van der Waals surface area contributed by atoms with E-state index in [4.69, 9.17) is 0 Å². The van der Waals surface area contributed by atoms with E-state index in [9.17, 15) is 0 Å². The Morgan fingerprint density at radius 1 is 0.818 bits per heavy atom. The van der Waals surface area contributed by atoms with E-state index in [0.29, 0.717) is 0 Å². The Labute approximate surface area is 138 Å². The monoisotopic (exact) mass is 306 g/mol. The van der Waals surface area contributed by atoms with Crippen LogP contribution in [0.2, 0.25) is 0 Å². The van der Waals surface area contributed by atoms with Gasteiger partial charge in [0.05, 0.1) is 0 Å². The standard InChI is InChI=1S/C20H38N2/c1-2-9-17-14-19(21-18-10-5-3-6-11-18)16-22(15-17)20-12-7-4-8-13-20/h17-21H,2-16H2,1H3. The van der Waals surface area contributed by atoms with Crippen molar-refractivity contribution in [3.63, 3.8) is 0 Å². The Morgan fingerprint density at radius 3 is 2.18 bits per heavy atom. The first-order valence-electron chi connectivity index (χ1n) is 10.3. The average Bonchev–Trinajstić information content (AvgIpc) is 2.57. The maximum absolute atomic E-state index is 4.07. The molecule has 0 radical (unpaired) electrons. The van der Waals surface area contributed by atoms with Gasteiger partial charge in [0.25, 0.3) is 0 Å². The van der Waals surface area contributed by atoms with Crippen LogP contribution < -0.4 is 5.32 Å². The highest BCUT2D eigenvalue weighted by Crippen LogP contribution is 2.30. The first-order chi connectivity index (χ1) is 10.8. The summed E-state index contributed by atoms with van der Waals surface area (Å²) in [5.41, 5.74) is 0. The summed E-state index contributed by atoms with van der Waals surface area (Å²) in [6, 6.07) is 2.51. The van der Waals surface area contributed by atoms with Crippen molar-refractivity contribution in [3.05, 3.63) is 0 Å². The van der Waals surface area contributed by atoms with Crippen LogP contribution in [0.25, 0.3) is 0 Å².